The zero-order valence-electron chi connectivity index (χ0n) is 6.80. The van der Waals surface area contributed by atoms with E-state index in [0.717, 1.165) is 0 Å². The molecule has 70 valence electrons. The molecular formula is C6H9N5O2. The molecule has 0 atom stereocenters. The van der Waals surface area contributed by atoms with E-state index in [9.17, 15) is 9.59 Å². The van der Waals surface area contributed by atoms with Crippen LogP contribution in [0, 0.1) is 0 Å². The van der Waals surface area contributed by atoms with Crippen molar-refractivity contribution in [1.82, 2.24) is 20.1 Å². The fourth-order valence-corrected chi connectivity index (χ4v) is 0.768. The summed E-state index contributed by atoms with van der Waals surface area (Å²) in [5.41, 5.74) is 4.74. The molecule has 3 amide bonds. The molecule has 7 heteroatoms. The summed E-state index contributed by atoms with van der Waals surface area (Å²) < 4.78 is 1.63. The number of primary amides is 1. The van der Waals surface area contributed by atoms with Crippen LogP contribution in [0.3, 0.4) is 0 Å². The summed E-state index contributed by atoms with van der Waals surface area (Å²) in [6, 6.07) is -0.839. The van der Waals surface area contributed by atoms with E-state index in [1.807, 2.05) is 5.32 Å². The lowest BCUT2D eigenvalue weighted by molar-refractivity contribution is -0.120. The molecule has 13 heavy (non-hydrogen) atoms. The van der Waals surface area contributed by atoms with Gasteiger partial charge >= 0.3 is 6.03 Å². The first-order valence-corrected chi connectivity index (χ1v) is 3.60. The Morgan fingerprint density at radius 3 is 2.54 bits per heavy atom. The van der Waals surface area contributed by atoms with Gasteiger partial charge < -0.3 is 10.3 Å². The average Bonchev–Trinajstić information content (AvgIpc) is 2.51. The first-order valence-electron chi connectivity index (χ1n) is 3.60. The Morgan fingerprint density at radius 1 is 1.38 bits per heavy atom. The van der Waals surface area contributed by atoms with Gasteiger partial charge in [0.15, 0.2) is 0 Å². The average molecular weight is 183 g/mol. The number of nitrogens with one attached hydrogen (secondary N) is 1. The van der Waals surface area contributed by atoms with E-state index in [1.165, 1.54) is 12.7 Å². The number of carbonyl (C=O) groups excluding carboxylic acids is 2. The standard InChI is InChI=1S/C6H9N5O2/c7-6(13)10-5(12)1-2-11-3-8-9-4-11/h3-4H,1-2H2,(H3,7,10,12,13). The third kappa shape index (κ3) is 3.32. The molecule has 0 aliphatic heterocycles. The highest BCUT2D eigenvalue weighted by atomic mass is 16.2. The van der Waals surface area contributed by atoms with Crippen LogP contribution < -0.4 is 11.1 Å². The number of aryl methyl sites for hydroxylation is 1. The Morgan fingerprint density at radius 2 is 2.00 bits per heavy atom. The first kappa shape index (κ1) is 9.17. The van der Waals surface area contributed by atoms with Gasteiger partial charge in [0, 0.05) is 13.0 Å². The minimum Gasteiger partial charge on any atom is -0.351 e. The Labute approximate surface area is 73.9 Å². The van der Waals surface area contributed by atoms with Gasteiger partial charge in [-0.05, 0) is 0 Å². The number of rotatable bonds is 3. The molecule has 1 aromatic heterocycles. The second-order valence-electron chi connectivity index (χ2n) is 2.36. The number of hydrogen-bond acceptors (Lipinski definition) is 4. The topological polar surface area (TPSA) is 103 Å². The van der Waals surface area contributed by atoms with Crippen LogP contribution >= 0.6 is 0 Å². The van der Waals surface area contributed by atoms with E-state index in [0.29, 0.717) is 6.54 Å². The van der Waals surface area contributed by atoms with Crippen molar-refractivity contribution in [2.45, 2.75) is 13.0 Å². The zero-order valence-corrected chi connectivity index (χ0v) is 6.80. The lowest BCUT2D eigenvalue weighted by Gasteiger charge is -2.00. The number of carbonyl (C=O) groups is 2. The molecule has 1 heterocycles. The molecule has 0 bridgehead atoms. The summed E-state index contributed by atoms with van der Waals surface area (Å²) in [6.07, 6.45) is 3.13. The maximum absolute atomic E-state index is 10.9. The monoisotopic (exact) mass is 183 g/mol. The molecule has 0 saturated heterocycles. The lowest BCUT2D eigenvalue weighted by Crippen LogP contribution is -2.35. The van der Waals surface area contributed by atoms with E-state index in [1.54, 1.807) is 4.57 Å². The molecule has 1 aromatic rings. The molecule has 0 aliphatic carbocycles. The number of aromatic nitrogens is 3. The minimum absolute atomic E-state index is 0.168. The van der Waals surface area contributed by atoms with Gasteiger partial charge in [0.25, 0.3) is 0 Å². The fourth-order valence-electron chi connectivity index (χ4n) is 0.768. The predicted molar refractivity (Wildman–Crippen MR) is 42.4 cm³/mol. The molecule has 1 rings (SSSR count). The highest BCUT2D eigenvalue weighted by molar-refractivity contribution is 5.93. The summed E-state index contributed by atoms with van der Waals surface area (Å²) in [4.78, 5) is 21.1. The second-order valence-corrected chi connectivity index (χ2v) is 2.36. The van der Waals surface area contributed by atoms with Crippen molar-refractivity contribution >= 4 is 11.9 Å². The molecule has 0 saturated carbocycles. The van der Waals surface area contributed by atoms with Gasteiger partial charge in [0.05, 0.1) is 0 Å². The molecule has 0 aromatic carbocycles. The quantitative estimate of drug-likeness (QED) is 0.618. The molecule has 0 radical (unpaired) electrons. The number of hydrogen-bond donors (Lipinski definition) is 2. The van der Waals surface area contributed by atoms with Gasteiger partial charge in [0.1, 0.15) is 12.7 Å². The summed E-state index contributed by atoms with van der Waals surface area (Å²) in [5.74, 6) is -0.416. The maximum Gasteiger partial charge on any atom is 0.318 e. The highest BCUT2D eigenvalue weighted by Crippen LogP contribution is 1.87. The summed E-state index contributed by atoms with van der Waals surface area (Å²) in [6.45, 7) is 0.423. The van der Waals surface area contributed by atoms with E-state index in [-0.39, 0.29) is 6.42 Å². The van der Waals surface area contributed by atoms with Crippen LogP contribution in [0.25, 0.3) is 0 Å². The maximum atomic E-state index is 10.9. The predicted octanol–water partition coefficient (Wildman–Crippen LogP) is -1.14. The van der Waals surface area contributed by atoms with E-state index >= 15 is 0 Å². The van der Waals surface area contributed by atoms with E-state index < -0.39 is 11.9 Å². The molecule has 0 spiro atoms. The first-order chi connectivity index (χ1) is 6.18. The van der Waals surface area contributed by atoms with Crippen molar-refractivity contribution in [3.05, 3.63) is 12.7 Å². The molecular weight excluding hydrogens is 174 g/mol. The zero-order chi connectivity index (χ0) is 9.68. The molecule has 0 aliphatic rings. The van der Waals surface area contributed by atoms with Crippen molar-refractivity contribution < 1.29 is 9.59 Å². The second kappa shape index (κ2) is 4.19. The van der Waals surface area contributed by atoms with Crippen LogP contribution in [0.2, 0.25) is 0 Å². The molecule has 0 unspecified atom stereocenters. The van der Waals surface area contributed by atoms with Gasteiger partial charge in [0.2, 0.25) is 5.91 Å². The van der Waals surface area contributed by atoms with E-state index in [2.05, 4.69) is 10.2 Å². The summed E-state index contributed by atoms with van der Waals surface area (Å²) in [5, 5.41) is 9.05. The SMILES string of the molecule is NC(=O)NC(=O)CCn1cnnc1. The van der Waals surface area contributed by atoms with Gasteiger partial charge in [-0.1, -0.05) is 0 Å². The van der Waals surface area contributed by atoms with Crippen LogP contribution in [-0.4, -0.2) is 26.7 Å². The van der Waals surface area contributed by atoms with Gasteiger partial charge in [-0.15, -0.1) is 10.2 Å². The summed E-state index contributed by atoms with van der Waals surface area (Å²) in [7, 11) is 0. The summed E-state index contributed by atoms with van der Waals surface area (Å²) >= 11 is 0. The number of nitrogens with two attached hydrogens (primary N) is 1. The van der Waals surface area contributed by atoms with Gasteiger partial charge in [-0.2, -0.15) is 0 Å². The number of nitrogens with zero attached hydrogens (tertiary/aromatic N) is 3. The fraction of sp³-hybridized carbons (Fsp3) is 0.333. The van der Waals surface area contributed by atoms with Gasteiger partial charge in [-0.3, -0.25) is 10.1 Å². The van der Waals surface area contributed by atoms with Crippen molar-refractivity contribution in [3.8, 4) is 0 Å². The van der Waals surface area contributed by atoms with Crippen molar-refractivity contribution in [3.63, 3.8) is 0 Å². The Kier molecular flexibility index (Phi) is 2.96. The van der Waals surface area contributed by atoms with Crippen molar-refractivity contribution in [1.29, 1.82) is 0 Å². The van der Waals surface area contributed by atoms with Gasteiger partial charge in [-0.25, -0.2) is 4.79 Å². The number of imide groups is 1. The number of amides is 3. The molecule has 7 nitrogen and oxygen atoms in total. The van der Waals surface area contributed by atoms with Crippen LogP contribution in [0.4, 0.5) is 4.79 Å². The third-order valence-corrected chi connectivity index (χ3v) is 1.33. The van der Waals surface area contributed by atoms with Crippen molar-refractivity contribution in [2.24, 2.45) is 5.73 Å². The van der Waals surface area contributed by atoms with Crippen LogP contribution in [0.15, 0.2) is 12.7 Å². The lowest BCUT2D eigenvalue weighted by atomic mass is 10.4. The number of urea groups is 1. The Balaban J connectivity index is 2.27. The van der Waals surface area contributed by atoms with Crippen molar-refractivity contribution in [2.75, 3.05) is 0 Å². The van der Waals surface area contributed by atoms with Crippen LogP contribution in [0.5, 0.6) is 0 Å². The highest BCUT2D eigenvalue weighted by Gasteiger charge is 2.03. The Bertz CT molecular complexity index is 294. The third-order valence-electron chi connectivity index (χ3n) is 1.33. The van der Waals surface area contributed by atoms with E-state index in [4.69, 9.17) is 5.73 Å². The normalized spacial score (nSPS) is 9.54. The molecule has 0 fully saturated rings. The minimum atomic E-state index is -0.839. The van der Waals surface area contributed by atoms with Crippen LogP contribution in [0.1, 0.15) is 6.42 Å². The largest absolute Gasteiger partial charge is 0.351 e. The Hall–Kier alpha value is -1.92. The molecule has 3 N–H and O–H groups in total. The smallest absolute Gasteiger partial charge is 0.318 e. The van der Waals surface area contributed by atoms with Crippen LogP contribution in [-0.2, 0) is 11.3 Å².